The van der Waals surface area contributed by atoms with Gasteiger partial charge in [-0.1, -0.05) is 0 Å². The van der Waals surface area contributed by atoms with Crippen LogP contribution in [0.3, 0.4) is 0 Å². The average Bonchev–Trinajstić information content (AvgIpc) is 0.722. The normalized spacial score (nSPS) is 7.50. The third kappa shape index (κ3) is 53.4. The Balaban J connectivity index is -0.0000000267. The summed E-state index contributed by atoms with van der Waals surface area (Å²) in [5, 5.41) is 0. The molecule has 3 nitrogen and oxygen atoms in total. The molecule has 0 aromatic rings. The summed E-state index contributed by atoms with van der Waals surface area (Å²) in [5.74, 6) is 0. The molecule has 0 aliphatic rings. The maximum atomic E-state index is 2.56. The average molecular weight is 769 g/mol. The number of rotatable bonds is 0. The Hall–Kier alpha value is 3.72. The van der Waals surface area contributed by atoms with Gasteiger partial charge in [0.25, 0.3) is 0 Å². The number of hydrogen-bond acceptors (Lipinski definition) is 0. The van der Waals surface area contributed by atoms with Crippen LogP contribution < -0.4 is 0 Å². The van der Waals surface area contributed by atoms with Gasteiger partial charge in [-0.15, -0.1) is 0 Å². The SMILES string of the molecule is O.O.O.[I][Pb]([I])([I])[I]. The fourth-order valence-electron chi connectivity index (χ4n) is 0. The van der Waals surface area contributed by atoms with Gasteiger partial charge in [0.05, 0.1) is 0 Å². The second-order valence-electron chi connectivity index (χ2n) is 0.429. The van der Waals surface area contributed by atoms with Gasteiger partial charge in [0, 0.05) is 0 Å². The van der Waals surface area contributed by atoms with Crippen LogP contribution in [0.4, 0.5) is 0 Å². The second-order valence-corrected chi connectivity index (χ2v) is 169. The van der Waals surface area contributed by atoms with E-state index in [4.69, 9.17) is 0 Å². The fraction of sp³-hybridized carbons (Fsp3) is 0. The zero-order valence-electron chi connectivity index (χ0n) is 3.51. The van der Waals surface area contributed by atoms with E-state index in [1.54, 1.807) is 0 Å². The van der Waals surface area contributed by atoms with Crippen LogP contribution in [0.25, 0.3) is 0 Å². The van der Waals surface area contributed by atoms with Crippen molar-refractivity contribution in [1.82, 2.24) is 0 Å². The standard InChI is InChI=1S/4HI.3H2O.Pb/h4*1H;3*1H2;/q;;;;;;;+4/p-4. The van der Waals surface area contributed by atoms with Gasteiger partial charge in [0.1, 0.15) is 0 Å². The van der Waals surface area contributed by atoms with Gasteiger partial charge in [-0.3, -0.25) is 0 Å². The summed E-state index contributed by atoms with van der Waals surface area (Å²) in [6, 6.07) is 0. The van der Waals surface area contributed by atoms with E-state index in [9.17, 15) is 0 Å². The molecule has 0 unspecified atom stereocenters. The van der Waals surface area contributed by atoms with Crippen molar-refractivity contribution >= 4 is 75.0 Å². The molecule has 0 rings (SSSR count). The number of hydrogen-bond donors (Lipinski definition) is 0. The molecule has 0 amide bonds. The van der Waals surface area contributed by atoms with Crippen molar-refractivity contribution in [3.8, 4) is 0 Å². The number of halogens is 4. The van der Waals surface area contributed by atoms with Crippen LogP contribution in [0.2, 0.25) is 0 Å². The quantitative estimate of drug-likeness (QED) is 0.257. The first kappa shape index (κ1) is 22.6. The van der Waals surface area contributed by atoms with Crippen LogP contribution in [0, 0.1) is 0 Å². The Morgan fingerprint density at radius 3 is 0.625 bits per heavy atom. The third-order valence-corrected chi connectivity index (χ3v) is 0. The summed E-state index contributed by atoms with van der Waals surface area (Å²) in [7, 11) is 0. The van der Waals surface area contributed by atoms with Crippen LogP contribution in [0.15, 0.2) is 0 Å². The Morgan fingerprint density at radius 2 is 0.625 bits per heavy atom. The molecule has 0 aromatic heterocycles. The van der Waals surface area contributed by atoms with E-state index in [-0.39, 0.29) is 16.4 Å². The molecule has 0 aromatic carbocycles. The Morgan fingerprint density at radius 1 is 0.625 bits per heavy atom. The van der Waals surface area contributed by atoms with Gasteiger partial charge in [-0.05, 0) is 0 Å². The minimum absolute atomic E-state index is 0. The van der Waals surface area contributed by atoms with E-state index in [1.165, 1.54) is 0 Å². The van der Waals surface area contributed by atoms with Crippen molar-refractivity contribution in [3.63, 3.8) is 0 Å². The molecule has 0 bridgehead atoms. The van der Waals surface area contributed by atoms with Crippen LogP contribution in [-0.2, 0) is 0 Å². The molecule has 0 saturated heterocycles. The van der Waals surface area contributed by atoms with E-state index in [0.717, 1.165) is 0 Å². The predicted octanol–water partition coefficient (Wildman–Crippen LogP) is 0.688. The summed E-state index contributed by atoms with van der Waals surface area (Å²) in [6.45, 7) is 0. The molecule has 0 aliphatic heterocycles. The molecule has 8 heavy (non-hydrogen) atoms. The van der Waals surface area contributed by atoms with Crippen molar-refractivity contribution in [2.75, 3.05) is 0 Å². The summed E-state index contributed by atoms with van der Waals surface area (Å²) < 4.78 is -1.40. The van der Waals surface area contributed by atoms with Crippen molar-refractivity contribution in [1.29, 1.82) is 0 Å². The van der Waals surface area contributed by atoms with Gasteiger partial charge in [0.15, 0.2) is 0 Å². The zero-order valence-corrected chi connectivity index (χ0v) is 16.0. The van der Waals surface area contributed by atoms with Crippen LogP contribution in [-0.4, -0.2) is 20.4 Å². The molecule has 0 spiro atoms. The second kappa shape index (κ2) is 10.7. The first-order chi connectivity index (χ1) is 2.00. The summed E-state index contributed by atoms with van der Waals surface area (Å²) in [4.78, 5) is 0. The summed E-state index contributed by atoms with van der Waals surface area (Å²) in [6.07, 6.45) is 0. The minimum atomic E-state index is -1.40. The fourth-order valence-corrected chi connectivity index (χ4v) is 0. The first-order valence-corrected chi connectivity index (χ1v) is 44.5. The third-order valence-electron chi connectivity index (χ3n) is 0. The van der Waals surface area contributed by atoms with E-state index >= 15 is 0 Å². The van der Waals surface area contributed by atoms with Crippen molar-refractivity contribution < 1.29 is 16.4 Å². The molecule has 6 N–H and O–H groups in total. The van der Waals surface area contributed by atoms with Gasteiger partial charge in [-0.2, -0.15) is 0 Å². The molecule has 0 atom stereocenters. The molecule has 0 radical (unpaired) electrons. The molecule has 56 valence electrons. The molecule has 0 aliphatic carbocycles. The molecule has 0 saturated carbocycles. The Bertz CT molecular complexity index is 26.8. The molecule has 0 heterocycles. The topological polar surface area (TPSA) is 94.5 Å². The van der Waals surface area contributed by atoms with Gasteiger partial charge >= 0.3 is 75.0 Å². The van der Waals surface area contributed by atoms with Gasteiger partial charge < -0.3 is 16.4 Å². The van der Waals surface area contributed by atoms with Crippen LogP contribution >= 0.6 is 71.0 Å². The van der Waals surface area contributed by atoms with E-state index in [0.29, 0.717) is 0 Å². The zero-order chi connectivity index (χ0) is 4.50. The van der Waals surface area contributed by atoms with Gasteiger partial charge in [-0.25, -0.2) is 0 Å². The van der Waals surface area contributed by atoms with Crippen molar-refractivity contribution in [2.45, 2.75) is 0 Å². The Kier molecular flexibility index (Phi) is 30.3. The van der Waals surface area contributed by atoms with E-state index < -0.39 is 4.00 Å². The van der Waals surface area contributed by atoms with Crippen molar-refractivity contribution in [2.24, 2.45) is 0 Å². The molecule has 0 fully saturated rings. The van der Waals surface area contributed by atoms with Crippen molar-refractivity contribution in [3.05, 3.63) is 0 Å². The van der Waals surface area contributed by atoms with E-state index in [1.807, 2.05) is 0 Å². The van der Waals surface area contributed by atoms with Gasteiger partial charge in [0.2, 0.25) is 0 Å². The van der Waals surface area contributed by atoms with E-state index in [2.05, 4.69) is 71.0 Å². The molecular weight excluding hydrogens is 763 g/mol. The predicted molar refractivity (Wildman–Crippen MR) is 72.7 cm³/mol. The van der Waals surface area contributed by atoms with Crippen LogP contribution in [0.1, 0.15) is 0 Å². The summed E-state index contributed by atoms with van der Waals surface area (Å²) in [5.41, 5.74) is 0. The first-order valence-electron chi connectivity index (χ1n) is 0.756. The molecule has 8 heteroatoms. The Labute approximate surface area is 88.5 Å². The molecular formula is H6I4O3Pb. The summed E-state index contributed by atoms with van der Waals surface area (Å²) >= 11 is 10.2. The van der Waals surface area contributed by atoms with Crippen LogP contribution in [0.5, 0.6) is 0 Å². The maximum absolute atomic E-state index is 2.56. The monoisotopic (exact) mass is 770 g/mol.